The molecule has 15 heteroatoms. The van der Waals surface area contributed by atoms with Crippen molar-refractivity contribution in [1.29, 1.82) is 0 Å². The van der Waals surface area contributed by atoms with Gasteiger partial charge in [-0.2, -0.15) is 36.3 Å². The van der Waals surface area contributed by atoms with E-state index in [1.807, 2.05) is 0 Å². The van der Waals surface area contributed by atoms with Crippen LogP contribution >= 0.6 is 0 Å². The lowest BCUT2D eigenvalue weighted by Crippen LogP contribution is -2.25. The summed E-state index contributed by atoms with van der Waals surface area (Å²) in [5.41, 5.74) is 0.543. The third-order valence-electron chi connectivity index (χ3n) is 3.52. The van der Waals surface area contributed by atoms with E-state index >= 15 is 0 Å². The maximum absolute atomic E-state index is 12.6. The van der Waals surface area contributed by atoms with Crippen molar-refractivity contribution in [3.05, 3.63) is 23.8 Å². The molecule has 0 radical (unpaired) electrons. The molecule has 2 N–H and O–H groups in total. The molecule has 172 valence electrons. The molecule has 0 amide bonds. The minimum Gasteiger partial charge on any atom is -0.497 e. The zero-order valence-corrected chi connectivity index (χ0v) is 16.7. The van der Waals surface area contributed by atoms with Gasteiger partial charge in [-0.05, 0) is 24.6 Å². The number of ether oxygens (including phenoxy) is 3. The lowest BCUT2D eigenvalue weighted by Gasteiger charge is -2.17. The van der Waals surface area contributed by atoms with Crippen molar-refractivity contribution in [2.75, 3.05) is 20.3 Å². The van der Waals surface area contributed by atoms with E-state index in [0.29, 0.717) is 5.56 Å². The van der Waals surface area contributed by atoms with E-state index in [1.54, 1.807) is 0 Å². The fraction of sp³-hybridized carbons (Fsp3) is 0.375. The molecule has 0 unspecified atom stereocenters. The van der Waals surface area contributed by atoms with Gasteiger partial charge in [-0.15, -0.1) is 0 Å². The van der Waals surface area contributed by atoms with Crippen LogP contribution in [0.5, 0.6) is 17.5 Å². The van der Waals surface area contributed by atoms with Gasteiger partial charge < -0.3 is 14.2 Å². The number of primary sulfonamides is 1. The van der Waals surface area contributed by atoms with Gasteiger partial charge in [0.2, 0.25) is 26.7 Å². The van der Waals surface area contributed by atoms with Gasteiger partial charge >= 0.3 is 12.4 Å². The predicted octanol–water partition coefficient (Wildman–Crippen LogP) is 2.99. The van der Waals surface area contributed by atoms with Crippen LogP contribution in [0.25, 0.3) is 11.4 Å². The molecule has 0 atom stereocenters. The van der Waals surface area contributed by atoms with Crippen molar-refractivity contribution in [3.63, 3.8) is 0 Å². The van der Waals surface area contributed by atoms with Crippen LogP contribution in [0.15, 0.2) is 23.1 Å². The number of aromatic nitrogens is 2. The van der Waals surface area contributed by atoms with Crippen molar-refractivity contribution in [1.82, 2.24) is 9.97 Å². The van der Waals surface area contributed by atoms with Crippen LogP contribution in [0, 0.1) is 6.92 Å². The summed E-state index contributed by atoms with van der Waals surface area (Å²) in [6.07, 6.45) is -9.83. The van der Waals surface area contributed by atoms with Gasteiger partial charge in [0.25, 0.3) is 0 Å². The molecule has 31 heavy (non-hydrogen) atoms. The van der Waals surface area contributed by atoms with E-state index < -0.39 is 58.1 Å². The summed E-state index contributed by atoms with van der Waals surface area (Å²) in [6, 6.07) is 4.37. The average molecular weight is 475 g/mol. The molecule has 0 aliphatic carbocycles. The van der Waals surface area contributed by atoms with Crippen LogP contribution in [-0.4, -0.2) is 51.1 Å². The van der Waals surface area contributed by atoms with E-state index in [0.717, 1.165) is 0 Å². The molecular formula is C16H15F6N3O5S. The highest BCUT2D eigenvalue weighted by molar-refractivity contribution is 7.89. The van der Waals surface area contributed by atoms with Gasteiger partial charge in [0, 0.05) is 5.56 Å². The summed E-state index contributed by atoms with van der Waals surface area (Å²) in [4.78, 5) is 5.93. The summed E-state index contributed by atoms with van der Waals surface area (Å²) in [7, 11) is -3.64. The Morgan fingerprint density at radius 3 is 1.84 bits per heavy atom. The maximum atomic E-state index is 12.6. The molecule has 0 saturated carbocycles. The molecule has 0 spiro atoms. The van der Waals surface area contributed by atoms with Crippen molar-refractivity contribution in [2.45, 2.75) is 24.2 Å². The highest BCUT2D eigenvalue weighted by Crippen LogP contribution is 2.35. The molecule has 2 rings (SSSR count). The molecule has 0 saturated heterocycles. The Kier molecular flexibility index (Phi) is 6.90. The maximum Gasteiger partial charge on any atom is 0.422 e. The highest BCUT2D eigenvalue weighted by Gasteiger charge is 2.35. The number of hydrogen-bond donors (Lipinski definition) is 1. The molecule has 1 aromatic heterocycles. The predicted molar refractivity (Wildman–Crippen MR) is 93.2 cm³/mol. The van der Waals surface area contributed by atoms with Crippen LogP contribution in [0.4, 0.5) is 26.3 Å². The quantitative estimate of drug-likeness (QED) is 0.613. The van der Waals surface area contributed by atoms with Gasteiger partial charge in [0.15, 0.2) is 19.0 Å². The number of nitrogens with two attached hydrogens (primary N) is 1. The number of hydrogen-bond acceptors (Lipinski definition) is 7. The third-order valence-corrected chi connectivity index (χ3v) is 4.44. The van der Waals surface area contributed by atoms with Crippen LogP contribution in [-0.2, 0) is 10.0 Å². The smallest absolute Gasteiger partial charge is 0.422 e. The summed E-state index contributed by atoms with van der Waals surface area (Å²) in [5, 5.41) is 4.95. The van der Waals surface area contributed by atoms with Gasteiger partial charge in [-0.25, -0.2) is 13.6 Å². The highest BCUT2D eigenvalue weighted by atomic mass is 32.2. The first-order chi connectivity index (χ1) is 14.1. The summed E-state index contributed by atoms with van der Waals surface area (Å²) in [5.74, 6) is -2.65. The topological polar surface area (TPSA) is 114 Å². The van der Waals surface area contributed by atoms with Crippen LogP contribution in [0.2, 0.25) is 0 Å². The lowest BCUT2D eigenvalue weighted by molar-refractivity contribution is -0.155. The third kappa shape index (κ3) is 6.85. The van der Waals surface area contributed by atoms with Gasteiger partial charge in [0.05, 0.1) is 7.11 Å². The molecule has 2 aromatic rings. The number of nitrogens with zero attached hydrogens (tertiary/aromatic N) is 2. The van der Waals surface area contributed by atoms with Crippen molar-refractivity contribution >= 4 is 10.0 Å². The van der Waals surface area contributed by atoms with E-state index in [4.69, 9.17) is 9.88 Å². The SMILES string of the molecule is COc1ccc(C)c(-c2nc(OCC(F)(F)F)c(S(N)(=O)=O)c(OCC(F)(F)F)n2)c1. The largest absolute Gasteiger partial charge is 0.497 e. The number of benzene rings is 1. The first kappa shape index (κ1) is 24.5. The Bertz CT molecular complexity index is 1020. The molecule has 1 heterocycles. The Morgan fingerprint density at radius 2 is 1.45 bits per heavy atom. The second-order valence-corrected chi connectivity index (χ2v) is 7.52. The lowest BCUT2D eigenvalue weighted by atomic mass is 10.1. The van der Waals surface area contributed by atoms with Gasteiger partial charge in [0.1, 0.15) is 5.75 Å². The molecular weight excluding hydrogens is 460 g/mol. The minimum absolute atomic E-state index is 0.106. The normalized spacial score (nSPS) is 12.5. The van der Waals surface area contributed by atoms with Crippen LogP contribution < -0.4 is 19.3 Å². The number of rotatable bonds is 7. The summed E-state index contributed by atoms with van der Waals surface area (Å²) >= 11 is 0. The van der Waals surface area contributed by atoms with Crippen LogP contribution in [0.1, 0.15) is 5.56 Å². The number of sulfonamides is 1. The second kappa shape index (κ2) is 8.74. The second-order valence-electron chi connectivity index (χ2n) is 6.02. The minimum atomic E-state index is -4.96. The Morgan fingerprint density at radius 1 is 0.968 bits per heavy atom. The molecule has 0 aliphatic heterocycles. The molecule has 0 fully saturated rings. The summed E-state index contributed by atoms with van der Waals surface area (Å²) in [6.45, 7) is -2.46. The molecule has 1 aromatic carbocycles. The van der Waals surface area contributed by atoms with Crippen molar-refractivity contribution < 1.29 is 49.0 Å². The zero-order chi connectivity index (χ0) is 23.6. The Hall–Kier alpha value is -2.81. The monoisotopic (exact) mass is 475 g/mol. The Balaban J connectivity index is 2.75. The van der Waals surface area contributed by atoms with Crippen molar-refractivity contribution in [3.8, 4) is 28.9 Å². The number of alkyl halides is 6. The van der Waals surface area contributed by atoms with Gasteiger partial charge in [-0.3, -0.25) is 0 Å². The number of halogens is 6. The van der Waals surface area contributed by atoms with Crippen LogP contribution in [0.3, 0.4) is 0 Å². The van der Waals surface area contributed by atoms with E-state index in [1.165, 1.54) is 32.2 Å². The van der Waals surface area contributed by atoms with Crippen molar-refractivity contribution in [2.24, 2.45) is 5.14 Å². The fourth-order valence-electron chi connectivity index (χ4n) is 2.24. The first-order valence-electron chi connectivity index (χ1n) is 8.09. The van der Waals surface area contributed by atoms with E-state index in [-0.39, 0.29) is 11.3 Å². The van der Waals surface area contributed by atoms with E-state index in [2.05, 4.69) is 19.4 Å². The molecule has 8 nitrogen and oxygen atoms in total. The van der Waals surface area contributed by atoms with Gasteiger partial charge in [-0.1, -0.05) is 6.07 Å². The zero-order valence-electron chi connectivity index (χ0n) is 15.8. The van der Waals surface area contributed by atoms with E-state index in [9.17, 15) is 34.8 Å². The fourth-order valence-corrected chi connectivity index (χ4v) is 2.94. The standard InChI is InChI=1S/C16H15F6N3O5S/c1-8-3-4-9(28-2)5-10(8)12-24-13(29-6-15(17,18)19)11(31(23,26)27)14(25-12)30-7-16(20,21)22/h3-5H,6-7H2,1-2H3,(H2,23,26,27). The molecule has 0 bridgehead atoms. The number of methoxy groups -OCH3 is 1. The first-order valence-corrected chi connectivity index (χ1v) is 9.64. The number of aryl methyl sites for hydroxylation is 1. The average Bonchev–Trinajstić information content (AvgIpc) is 2.62. The molecule has 0 aliphatic rings. The Labute approximate surface area is 172 Å². The summed E-state index contributed by atoms with van der Waals surface area (Å²) < 4.78 is 113.